The third-order valence-corrected chi connectivity index (χ3v) is 3.42. The Labute approximate surface area is 123 Å². The van der Waals surface area contributed by atoms with Crippen LogP contribution < -0.4 is 0 Å². The van der Waals surface area contributed by atoms with E-state index in [9.17, 15) is 15.0 Å². The van der Waals surface area contributed by atoms with Gasteiger partial charge in [0.05, 0.1) is 25.4 Å². The first-order chi connectivity index (χ1) is 10.2. The van der Waals surface area contributed by atoms with Crippen molar-refractivity contribution in [3.05, 3.63) is 71.3 Å². The molecule has 4 heteroatoms. The summed E-state index contributed by atoms with van der Waals surface area (Å²) in [6.07, 6.45) is -0.906. The summed E-state index contributed by atoms with van der Waals surface area (Å²) in [5, 5.41) is 19.4. The average Bonchev–Trinajstić information content (AvgIpc) is 2.55. The molecule has 21 heavy (non-hydrogen) atoms. The number of benzene rings is 2. The highest BCUT2D eigenvalue weighted by Gasteiger charge is 2.22. The number of carbonyl (C=O) groups excluding carboxylic acids is 1. The van der Waals surface area contributed by atoms with Gasteiger partial charge in [-0.3, -0.25) is 0 Å². The molecule has 0 aliphatic rings. The van der Waals surface area contributed by atoms with Crippen LogP contribution in [0.4, 0.5) is 0 Å². The number of rotatable bonds is 5. The lowest BCUT2D eigenvalue weighted by atomic mass is 9.86. The first kappa shape index (κ1) is 15.2. The van der Waals surface area contributed by atoms with Crippen molar-refractivity contribution in [3.8, 4) is 0 Å². The van der Waals surface area contributed by atoms with Crippen molar-refractivity contribution < 1.29 is 19.7 Å². The molecule has 2 rings (SSSR count). The quantitative estimate of drug-likeness (QED) is 0.825. The van der Waals surface area contributed by atoms with Crippen molar-refractivity contribution >= 4 is 5.97 Å². The van der Waals surface area contributed by atoms with Gasteiger partial charge in [0, 0.05) is 5.92 Å². The van der Waals surface area contributed by atoms with Gasteiger partial charge in [-0.05, 0) is 23.3 Å². The van der Waals surface area contributed by atoms with Crippen LogP contribution in [0.2, 0.25) is 0 Å². The van der Waals surface area contributed by atoms with E-state index in [0.29, 0.717) is 5.56 Å². The highest BCUT2D eigenvalue weighted by atomic mass is 16.5. The standard InChI is InChI=1S/C17H18O4/c1-21-17(20)14-9-7-13(8-10-14)16(15(19)11-18)12-5-3-2-4-6-12/h2-10,15-16,18-19H,11H2,1H3/t15-,16-/m1/s1. The highest BCUT2D eigenvalue weighted by Crippen LogP contribution is 2.28. The second kappa shape index (κ2) is 7.02. The molecule has 0 heterocycles. The fourth-order valence-electron chi connectivity index (χ4n) is 2.35. The molecule has 0 radical (unpaired) electrons. The van der Waals surface area contributed by atoms with E-state index in [2.05, 4.69) is 4.74 Å². The lowest BCUT2D eigenvalue weighted by molar-refractivity contribution is 0.0600. The molecule has 2 aromatic rings. The molecular weight excluding hydrogens is 268 g/mol. The molecule has 0 saturated carbocycles. The van der Waals surface area contributed by atoms with Gasteiger partial charge in [0.25, 0.3) is 0 Å². The van der Waals surface area contributed by atoms with Crippen LogP contribution in [0.5, 0.6) is 0 Å². The van der Waals surface area contributed by atoms with Crippen LogP contribution in [0.3, 0.4) is 0 Å². The summed E-state index contributed by atoms with van der Waals surface area (Å²) in [6, 6.07) is 16.3. The first-order valence-electron chi connectivity index (χ1n) is 6.69. The Bertz CT molecular complexity index is 577. The average molecular weight is 286 g/mol. The predicted molar refractivity (Wildman–Crippen MR) is 79.2 cm³/mol. The van der Waals surface area contributed by atoms with E-state index < -0.39 is 12.1 Å². The van der Waals surface area contributed by atoms with Gasteiger partial charge in [-0.25, -0.2) is 4.79 Å². The van der Waals surface area contributed by atoms with Crippen LogP contribution in [0, 0.1) is 0 Å². The summed E-state index contributed by atoms with van der Waals surface area (Å²) >= 11 is 0. The first-order valence-corrected chi connectivity index (χ1v) is 6.69. The second-order valence-corrected chi connectivity index (χ2v) is 4.75. The fourth-order valence-corrected chi connectivity index (χ4v) is 2.35. The van der Waals surface area contributed by atoms with Gasteiger partial charge in [-0.15, -0.1) is 0 Å². The van der Waals surface area contributed by atoms with Crippen LogP contribution in [0.25, 0.3) is 0 Å². The maximum Gasteiger partial charge on any atom is 0.337 e. The van der Waals surface area contributed by atoms with E-state index in [1.807, 2.05) is 30.3 Å². The molecule has 0 spiro atoms. The summed E-state index contributed by atoms with van der Waals surface area (Å²) in [6.45, 7) is -0.335. The summed E-state index contributed by atoms with van der Waals surface area (Å²) in [7, 11) is 1.33. The molecule has 110 valence electrons. The molecule has 0 aliphatic heterocycles. The molecule has 2 atom stereocenters. The van der Waals surface area contributed by atoms with Crippen LogP contribution in [-0.4, -0.2) is 36.0 Å². The van der Waals surface area contributed by atoms with Gasteiger partial charge in [0.15, 0.2) is 0 Å². The van der Waals surface area contributed by atoms with Crippen LogP contribution >= 0.6 is 0 Å². The third kappa shape index (κ3) is 3.48. The maximum absolute atomic E-state index is 11.4. The topological polar surface area (TPSA) is 66.8 Å². The summed E-state index contributed by atoms with van der Waals surface area (Å²) in [5.41, 5.74) is 2.19. The van der Waals surface area contributed by atoms with Gasteiger partial charge in [-0.1, -0.05) is 42.5 Å². The molecule has 0 aromatic heterocycles. The maximum atomic E-state index is 11.4. The summed E-state index contributed by atoms with van der Waals surface area (Å²) < 4.78 is 4.66. The Balaban J connectivity index is 2.36. The number of esters is 1. The van der Waals surface area contributed by atoms with Gasteiger partial charge < -0.3 is 14.9 Å². The van der Waals surface area contributed by atoms with E-state index in [4.69, 9.17) is 0 Å². The SMILES string of the molecule is COC(=O)c1ccc([C@@H](c2ccccc2)[C@H](O)CO)cc1. The van der Waals surface area contributed by atoms with Crippen molar-refractivity contribution in [2.75, 3.05) is 13.7 Å². The largest absolute Gasteiger partial charge is 0.465 e. The zero-order valence-electron chi connectivity index (χ0n) is 11.8. The minimum atomic E-state index is -0.906. The van der Waals surface area contributed by atoms with Gasteiger partial charge >= 0.3 is 5.97 Å². The number of hydrogen-bond acceptors (Lipinski definition) is 4. The number of aliphatic hydroxyl groups excluding tert-OH is 2. The summed E-state index contributed by atoms with van der Waals surface area (Å²) in [4.78, 5) is 11.4. The fraction of sp³-hybridized carbons (Fsp3) is 0.235. The van der Waals surface area contributed by atoms with Crippen LogP contribution in [-0.2, 0) is 4.74 Å². The molecule has 0 fully saturated rings. The normalized spacial score (nSPS) is 13.5. The Morgan fingerprint density at radius 1 is 1.05 bits per heavy atom. The molecule has 0 bridgehead atoms. The van der Waals surface area contributed by atoms with Crippen LogP contribution in [0.1, 0.15) is 27.4 Å². The number of hydrogen-bond donors (Lipinski definition) is 2. The molecule has 2 aromatic carbocycles. The van der Waals surface area contributed by atoms with Crippen molar-refractivity contribution in [1.82, 2.24) is 0 Å². The van der Waals surface area contributed by atoms with Crippen molar-refractivity contribution in [2.24, 2.45) is 0 Å². The Kier molecular flexibility index (Phi) is 5.09. The van der Waals surface area contributed by atoms with Gasteiger partial charge in [0.2, 0.25) is 0 Å². The minimum Gasteiger partial charge on any atom is -0.465 e. The number of ether oxygens (including phenoxy) is 1. The third-order valence-electron chi connectivity index (χ3n) is 3.42. The van der Waals surface area contributed by atoms with E-state index in [0.717, 1.165) is 11.1 Å². The molecule has 0 unspecified atom stereocenters. The highest BCUT2D eigenvalue weighted by molar-refractivity contribution is 5.89. The molecule has 0 aliphatic carbocycles. The Morgan fingerprint density at radius 3 is 2.14 bits per heavy atom. The number of aliphatic hydroxyl groups is 2. The zero-order chi connectivity index (χ0) is 15.2. The number of methoxy groups -OCH3 is 1. The number of carbonyl (C=O) groups is 1. The van der Waals surface area contributed by atoms with Crippen LogP contribution in [0.15, 0.2) is 54.6 Å². The molecule has 0 saturated heterocycles. The zero-order valence-corrected chi connectivity index (χ0v) is 11.8. The molecule has 0 amide bonds. The lowest BCUT2D eigenvalue weighted by Gasteiger charge is -2.22. The lowest BCUT2D eigenvalue weighted by Crippen LogP contribution is -2.23. The Morgan fingerprint density at radius 2 is 1.62 bits per heavy atom. The van der Waals surface area contributed by atoms with E-state index in [1.165, 1.54) is 7.11 Å². The second-order valence-electron chi connectivity index (χ2n) is 4.75. The van der Waals surface area contributed by atoms with E-state index >= 15 is 0 Å². The molecule has 4 nitrogen and oxygen atoms in total. The predicted octanol–water partition coefficient (Wildman–Crippen LogP) is 1.96. The van der Waals surface area contributed by atoms with Crippen molar-refractivity contribution in [2.45, 2.75) is 12.0 Å². The minimum absolute atomic E-state index is 0.335. The van der Waals surface area contributed by atoms with E-state index in [-0.39, 0.29) is 12.5 Å². The van der Waals surface area contributed by atoms with Crippen molar-refractivity contribution in [1.29, 1.82) is 0 Å². The van der Waals surface area contributed by atoms with Gasteiger partial charge in [0.1, 0.15) is 0 Å². The van der Waals surface area contributed by atoms with Gasteiger partial charge in [-0.2, -0.15) is 0 Å². The Hall–Kier alpha value is -2.17. The monoisotopic (exact) mass is 286 g/mol. The molecule has 2 N–H and O–H groups in total. The molecular formula is C17H18O4. The summed E-state index contributed by atoms with van der Waals surface area (Å²) in [5.74, 6) is -0.747. The van der Waals surface area contributed by atoms with Crippen molar-refractivity contribution in [3.63, 3.8) is 0 Å². The smallest absolute Gasteiger partial charge is 0.337 e. The van der Waals surface area contributed by atoms with E-state index in [1.54, 1.807) is 24.3 Å².